The normalized spacial score (nSPS) is 16.9. The summed E-state index contributed by atoms with van der Waals surface area (Å²) in [6.07, 6.45) is 5.79. The van der Waals surface area contributed by atoms with Crippen molar-refractivity contribution in [1.82, 2.24) is 14.9 Å². The molecule has 5 nitrogen and oxygen atoms in total. The van der Waals surface area contributed by atoms with Crippen LogP contribution in [0.4, 0.5) is 4.39 Å². The van der Waals surface area contributed by atoms with Gasteiger partial charge in [0.15, 0.2) is 0 Å². The molecule has 1 aromatic heterocycles. The monoisotopic (exact) mass is 303 g/mol. The van der Waals surface area contributed by atoms with E-state index in [1.54, 1.807) is 18.3 Å². The molecule has 0 fully saturated rings. The van der Waals surface area contributed by atoms with Crippen molar-refractivity contribution < 1.29 is 13.9 Å². The third-order valence-corrected chi connectivity index (χ3v) is 3.71. The first-order valence-corrected chi connectivity index (χ1v) is 7.38. The van der Waals surface area contributed by atoms with Crippen molar-refractivity contribution in [2.45, 2.75) is 31.8 Å². The number of aryl methyl sites for hydroxylation is 1. The molecule has 1 unspecified atom stereocenters. The van der Waals surface area contributed by atoms with Gasteiger partial charge in [-0.1, -0.05) is 0 Å². The van der Waals surface area contributed by atoms with Gasteiger partial charge in [-0.25, -0.2) is 9.37 Å². The summed E-state index contributed by atoms with van der Waals surface area (Å²) in [5.74, 6) is 1.30. The van der Waals surface area contributed by atoms with Crippen molar-refractivity contribution >= 4 is 5.91 Å². The number of nitrogens with zero attached hydrogens (tertiary/aromatic N) is 2. The van der Waals surface area contributed by atoms with E-state index in [4.69, 9.17) is 4.74 Å². The second-order valence-electron chi connectivity index (χ2n) is 5.35. The molecular formula is C16H18FN3O2. The summed E-state index contributed by atoms with van der Waals surface area (Å²) in [4.78, 5) is 16.2. The number of hydrogen-bond acceptors (Lipinski definition) is 3. The lowest BCUT2D eigenvalue weighted by atomic mass is 10.1. The highest BCUT2D eigenvalue weighted by Gasteiger charge is 2.20. The molecule has 0 bridgehead atoms. The average Bonchev–Trinajstić information content (AvgIpc) is 2.97. The lowest BCUT2D eigenvalue weighted by molar-refractivity contribution is -0.122. The molecule has 6 heteroatoms. The van der Waals surface area contributed by atoms with Gasteiger partial charge in [-0.3, -0.25) is 4.79 Å². The number of imidazole rings is 1. The van der Waals surface area contributed by atoms with Gasteiger partial charge in [0.05, 0.1) is 13.0 Å². The molecule has 1 aromatic carbocycles. The number of carbonyl (C=O) groups excluding carboxylic acids is 1. The van der Waals surface area contributed by atoms with E-state index in [2.05, 4.69) is 14.9 Å². The van der Waals surface area contributed by atoms with Crippen LogP contribution in [0.25, 0.3) is 0 Å². The van der Waals surface area contributed by atoms with E-state index in [-0.39, 0.29) is 30.8 Å². The predicted molar refractivity (Wildman–Crippen MR) is 79.0 cm³/mol. The van der Waals surface area contributed by atoms with Gasteiger partial charge in [0.1, 0.15) is 17.4 Å². The van der Waals surface area contributed by atoms with Crippen LogP contribution in [0.5, 0.6) is 5.75 Å². The van der Waals surface area contributed by atoms with E-state index >= 15 is 0 Å². The third kappa shape index (κ3) is 3.63. The van der Waals surface area contributed by atoms with Crippen LogP contribution in [0.1, 0.15) is 18.7 Å². The highest BCUT2D eigenvalue weighted by atomic mass is 19.1. The van der Waals surface area contributed by atoms with Gasteiger partial charge in [0.25, 0.3) is 0 Å². The van der Waals surface area contributed by atoms with Crippen LogP contribution in [-0.2, 0) is 17.8 Å². The summed E-state index contributed by atoms with van der Waals surface area (Å²) in [6.45, 7) is 1.04. The summed E-state index contributed by atoms with van der Waals surface area (Å²) < 4.78 is 20.2. The maximum Gasteiger partial charge on any atom is 0.223 e. The van der Waals surface area contributed by atoms with E-state index in [0.717, 1.165) is 25.2 Å². The van der Waals surface area contributed by atoms with Crippen LogP contribution in [0.15, 0.2) is 36.7 Å². The molecule has 0 saturated heterocycles. The predicted octanol–water partition coefficient (Wildman–Crippen LogP) is 1.92. The van der Waals surface area contributed by atoms with Crippen molar-refractivity contribution in [3.8, 4) is 5.75 Å². The Kier molecular flexibility index (Phi) is 4.37. The summed E-state index contributed by atoms with van der Waals surface area (Å²) in [7, 11) is 0. The average molecular weight is 303 g/mol. The highest BCUT2D eigenvalue weighted by Crippen LogP contribution is 2.13. The number of halogens is 1. The van der Waals surface area contributed by atoms with Gasteiger partial charge in [0, 0.05) is 31.4 Å². The number of ether oxygens (including phenoxy) is 1. The Labute approximate surface area is 128 Å². The zero-order chi connectivity index (χ0) is 15.4. The fourth-order valence-corrected chi connectivity index (χ4v) is 2.58. The summed E-state index contributed by atoms with van der Waals surface area (Å²) in [5, 5.41) is 3.02. The first-order valence-electron chi connectivity index (χ1n) is 7.38. The quantitative estimate of drug-likeness (QED) is 0.918. The van der Waals surface area contributed by atoms with Crippen LogP contribution in [0.3, 0.4) is 0 Å². The molecule has 2 aromatic rings. The second kappa shape index (κ2) is 6.60. The zero-order valence-electron chi connectivity index (χ0n) is 12.2. The van der Waals surface area contributed by atoms with E-state index < -0.39 is 0 Å². The van der Waals surface area contributed by atoms with Crippen LogP contribution in [-0.4, -0.2) is 28.1 Å². The van der Waals surface area contributed by atoms with Crippen molar-refractivity contribution in [3.63, 3.8) is 0 Å². The number of hydrogen-bond donors (Lipinski definition) is 1. The van der Waals surface area contributed by atoms with E-state index in [1.807, 2.05) is 6.20 Å². The molecular weight excluding hydrogens is 285 g/mol. The molecule has 116 valence electrons. The van der Waals surface area contributed by atoms with Crippen LogP contribution in [0, 0.1) is 5.82 Å². The lowest BCUT2D eigenvalue weighted by Crippen LogP contribution is -2.41. The van der Waals surface area contributed by atoms with Crippen molar-refractivity contribution in [2.75, 3.05) is 6.61 Å². The molecule has 0 radical (unpaired) electrons. The van der Waals surface area contributed by atoms with Crippen LogP contribution < -0.4 is 10.1 Å². The number of aromatic nitrogens is 2. The Balaban J connectivity index is 1.40. The Morgan fingerprint density at radius 3 is 3.05 bits per heavy atom. The minimum Gasteiger partial charge on any atom is -0.493 e. The van der Waals surface area contributed by atoms with Gasteiger partial charge in [-0.2, -0.15) is 0 Å². The molecule has 3 rings (SSSR count). The molecule has 0 saturated carbocycles. The van der Waals surface area contributed by atoms with Gasteiger partial charge < -0.3 is 14.6 Å². The van der Waals surface area contributed by atoms with E-state index in [0.29, 0.717) is 5.75 Å². The number of benzene rings is 1. The molecule has 1 aliphatic heterocycles. The molecule has 22 heavy (non-hydrogen) atoms. The first-order chi connectivity index (χ1) is 10.7. The number of fused-ring (bicyclic) bond motifs is 1. The molecule has 2 heterocycles. The van der Waals surface area contributed by atoms with Gasteiger partial charge >= 0.3 is 0 Å². The fourth-order valence-electron chi connectivity index (χ4n) is 2.58. The zero-order valence-corrected chi connectivity index (χ0v) is 12.2. The van der Waals surface area contributed by atoms with E-state index in [9.17, 15) is 9.18 Å². The molecule has 0 aliphatic carbocycles. The molecule has 0 spiro atoms. The summed E-state index contributed by atoms with van der Waals surface area (Å²) >= 11 is 0. The van der Waals surface area contributed by atoms with E-state index in [1.165, 1.54) is 12.1 Å². The third-order valence-electron chi connectivity index (χ3n) is 3.71. The van der Waals surface area contributed by atoms with Crippen molar-refractivity contribution in [1.29, 1.82) is 0 Å². The Morgan fingerprint density at radius 2 is 2.23 bits per heavy atom. The summed E-state index contributed by atoms with van der Waals surface area (Å²) in [6, 6.07) is 5.91. The maximum absolute atomic E-state index is 12.8. The fraction of sp³-hybridized carbons (Fsp3) is 0.375. The van der Waals surface area contributed by atoms with Crippen LogP contribution >= 0.6 is 0 Å². The number of amides is 1. The lowest BCUT2D eigenvalue weighted by Gasteiger charge is -2.24. The summed E-state index contributed by atoms with van der Waals surface area (Å²) in [5.41, 5.74) is 0. The Bertz CT molecular complexity index is 639. The topological polar surface area (TPSA) is 56.1 Å². The number of carbonyl (C=O) groups is 1. The number of rotatable bonds is 5. The van der Waals surface area contributed by atoms with Gasteiger partial charge in [-0.05, 0) is 30.7 Å². The SMILES string of the molecule is O=C(CCOc1ccc(F)cc1)NC1CCc2nccn2C1. The van der Waals surface area contributed by atoms with Crippen molar-refractivity contribution in [2.24, 2.45) is 0 Å². The van der Waals surface area contributed by atoms with Gasteiger partial charge in [0.2, 0.25) is 5.91 Å². The Hall–Kier alpha value is -2.37. The number of nitrogens with one attached hydrogen (secondary N) is 1. The minimum absolute atomic E-state index is 0.0318. The van der Waals surface area contributed by atoms with Gasteiger partial charge in [-0.15, -0.1) is 0 Å². The molecule has 1 atom stereocenters. The molecule has 1 amide bonds. The highest BCUT2D eigenvalue weighted by molar-refractivity contribution is 5.76. The smallest absolute Gasteiger partial charge is 0.223 e. The van der Waals surface area contributed by atoms with Crippen molar-refractivity contribution in [3.05, 3.63) is 48.3 Å². The maximum atomic E-state index is 12.8. The standard InChI is InChI=1S/C16H18FN3O2/c17-12-1-4-14(5-2-12)22-10-7-16(21)19-13-3-6-15-18-8-9-20(15)11-13/h1-2,4-5,8-9,13H,3,6-7,10-11H2,(H,19,21). The largest absolute Gasteiger partial charge is 0.493 e. The Morgan fingerprint density at radius 1 is 1.41 bits per heavy atom. The first kappa shape index (κ1) is 14.6. The molecule has 1 aliphatic rings. The van der Waals surface area contributed by atoms with Crippen LogP contribution in [0.2, 0.25) is 0 Å². The molecule has 1 N–H and O–H groups in total. The second-order valence-corrected chi connectivity index (χ2v) is 5.35. The minimum atomic E-state index is -0.304.